The highest BCUT2D eigenvalue weighted by Crippen LogP contribution is 2.20. The first-order chi connectivity index (χ1) is 9.54. The number of carbonyl (C=O) groups is 2. The van der Waals surface area contributed by atoms with E-state index in [1.54, 1.807) is 23.1 Å². The number of hydrogen-bond acceptors (Lipinski definition) is 3. The van der Waals surface area contributed by atoms with Crippen molar-refractivity contribution in [3.05, 3.63) is 28.6 Å². The zero-order chi connectivity index (χ0) is 14.5. The normalized spacial score (nSPS) is 16.8. The number of carbonyl (C=O) groups excluding carboxylic acids is 2. The number of amides is 2. The first kappa shape index (κ1) is 14.8. The van der Waals surface area contributed by atoms with Crippen LogP contribution in [0.5, 0.6) is 0 Å². The molecule has 108 valence electrons. The monoisotopic (exact) mass is 340 g/mol. The van der Waals surface area contributed by atoms with Gasteiger partial charge < -0.3 is 15.1 Å². The van der Waals surface area contributed by atoms with Gasteiger partial charge in [-0.05, 0) is 52.9 Å². The largest absolute Gasteiger partial charge is 0.450 e. The topological polar surface area (TPSA) is 76.5 Å². The van der Waals surface area contributed by atoms with Crippen LogP contribution < -0.4 is 5.73 Å². The second-order valence-electron chi connectivity index (χ2n) is 4.91. The van der Waals surface area contributed by atoms with Crippen LogP contribution in [0, 0.1) is 5.92 Å². The van der Waals surface area contributed by atoms with Gasteiger partial charge in [0.15, 0.2) is 4.67 Å². The zero-order valence-electron chi connectivity index (χ0n) is 11.0. The minimum absolute atomic E-state index is 0.0324. The maximum atomic E-state index is 12.0. The molecular weight excluding hydrogens is 324 g/mol. The average molecular weight is 341 g/mol. The van der Waals surface area contributed by atoms with Gasteiger partial charge in [-0.15, -0.1) is 0 Å². The van der Waals surface area contributed by atoms with E-state index in [1.807, 2.05) is 0 Å². The Kier molecular flexibility index (Phi) is 5.00. The summed E-state index contributed by atoms with van der Waals surface area (Å²) in [5.74, 6) is 0.642. The second-order valence-corrected chi connectivity index (χ2v) is 5.70. The van der Waals surface area contributed by atoms with E-state index in [0.29, 0.717) is 35.9 Å². The van der Waals surface area contributed by atoms with Crippen LogP contribution in [0.3, 0.4) is 0 Å². The summed E-state index contributed by atoms with van der Waals surface area (Å²) in [4.78, 5) is 24.6. The van der Waals surface area contributed by atoms with Crippen molar-refractivity contribution in [1.82, 2.24) is 4.90 Å². The van der Waals surface area contributed by atoms with Crippen molar-refractivity contribution in [2.24, 2.45) is 11.7 Å². The SMILES string of the molecule is NC(=O)CC1CCN(C(=O)C=Cc2ccc(Br)o2)CC1. The molecule has 1 aliphatic heterocycles. The Morgan fingerprint density at radius 3 is 2.65 bits per heavy atom. The molecule has 20 heavy (non-hydrogen) atoms. The van der Waals surface area contributed by atoms with Gasteiger partial charge in [0.05, 0.1) is 0 Å². The summed E-state index contributed by atoms with van der Waals surface area (Å²) in [6, 6.07) is 3.56. The lowest BCUT2D eigenvalue weighted by molar-refractivity contribution is -0.127. The summed E-state index contributed by atoms with van der Waals surface area (Å²) in [7, 11) is 0. The zero-order valence-corrected chi connectivity index (χ0v) is 12.6. The highest BCUT2D eigenvalue weighted by atomic mass is 79.9. The van der Waals surface area contributed by atoms with Crippen LogP contribution in [0.15, 0.2) is 27.3 Å². The Morgan fingerprint density at radius 1 is 1.40 bits per heavy atom. The molecule has 1 aromatic heterocycles. The number of furan rings is 1. The maximum Gasteiger partial charge on any atom is 0.246 e. The molecular formula is C14H17BrN2O3. The molecule has 1 saturated heterocycles. The lowest BCUT2D eigenvalue weighted by Crippen LogP contribution is -2.38. The van der Waals surface area contributed by atoms with Crippen molar-refractivity contribution in [2.75, 3.05) is 13.1 Å². The van der Waals surface area contributed by atoms with Gasteiger partial charge >= 0.3 is 0 Å². The number of likely N-dealkylation sites (tertiary alicyclic amines) is 1. The molecule has 0 unspecified atom stereocenters. The van der Waals surface area contributed by atoms with E-state index >= 15 is 0 Å². The minimum atomic E-state index is -0.266. The molecule has 2 N–H and O–H groups in total. The van der Waals surface area contributed by atoms with Crippen molar-refractivity contribution in [2.45, 2.75) is 19.3 Å². The van der Waals surface area contributed by atoms with Crippen LogP contribution in [-0.4, -0.2) is 29.8 Å². The van der Waals surface area contributed by atoms with Gasteiger partial charge in [0, 0.05) is 25.6 Å². The fourth-order valence-electron chi connectivity index (χ4n) is 2.32. The second kappa shape index (κ2) is 6.74. The van der Waals surface area contributed by atoms with Crippen LogP contribution in [0.1, 0.15) is 25.0 Å². The number of nitrogens with two attached hydrogens (primary N) is 1. The van der Waals surface area contributed by atoms with E-state index in [4.69, 9.17) is 10.2 Å². The Balaban J connectivity index is 1.82. The van der Waals surface area contributed by atoms with Crippen LogP contribution in [0.25, 0.3) is 6.08 Å². The maximum absolute atomic E-state index is 12.0. The Bertz CT molecular complexity index is 516. The molecule has 0 aromatic carbocycles. The minimum Gasteiger partial charge on any atom is -0.450 e. The number of halogens is 1. The first-order valence-corrected chi connectivity index (χ1v) is 7.34. The third kappa shape index (κ3) is 4.23. The van der Waals surface area contributed by atoms with Crippen molar-refractivity contribution in [1.29, 1.82) is 0 Å². The number of rotatable bonds is 4. The molecule has 6 heteroatoms. The van der Waals surface area contributed by atoms with Crippen LogP contribution in [0.4, 0.5) is 0 Å². The van der Waals surface area contributed by atoms with E-state index in [-0.39, 0.29) is 11.8 Å². The van der Waals surface area contributed by atoms with Gasteiger partial charge in [0.25, 0.3) is 0 Å². The van der Waals surface area contributed by atoms with Gasteiger partial charge in [0.1, 0.15) is 5.76 Å². The molecule has 1 fully saturated rings. The number of primary amides is 1. The molecule has 5 nitrogen and oxygen atoms in total. The van der Waals surface area contributed by atoms with E-state index < -0.39 is 0 Å². The highest BCUT2D eigenvalue weighted by Gasteiger charge is 2.22. The smallest absolute Gasteiger partial charge is 0.246 e. The summed E-state index contributed by atoms with van der Waals surface area (Å²) in [5, 5.41) is 0. The van der Waals surface area contributed by atoms with Gasteiger partial charge in [-0.2, -0.15) is 0 Å². The fourth-order valence-corrected chi connectivity index (χ4v) is 2.64. The Labute approximate surface area is 125 Å². The van der Waals surface area contributed by atoms with Crippen LogP contribution in [0.2, 0.25) is 0 Å². The van der Waals surface area contributed by atoms with Gasteiger partial charge in [0.2, 0.25) is 11.8 Å². The van der Waals surface area contributed by atoms with E-state index in [2.05, 4.69) is 15.9 Å². The molecule has 0 aliphatic carbocycles. The van der Waals surface area contributed by atoms with E-state index in [1.165, 1.54) is 6.08 Å². The molecule has 2 amide bonds. The summed E-state index contributed by atoms with van der Waals surface area (Å²) < 4.78 is 5.93. The molecule has 2 heterocycles. The van der Waals surface area contributed by atoms with Crippen LogP contribution >= 0.6 is 15.9 Å². The molecule has 2 rings (SSSR count). The summed E-state index contributed by atoms with van der Waals surface area (Å²) in [6.07, 6.45) is 5.24. The molecule has 0 atom stereocenters. The summed E-state index contributed by atoms with van der Waals surface area (Å²) in [6.45, 7) is 1.34. The molecule has 0 bridgehead atoms. The highest BCUT2D eigenvalue weighted by molar-refractivity contribution is 9.10. The standard InChI is InChI=1S/C14H17BrN2O3/c15-12-3-1-11(20-12)2-4-14(19)17-7-5-10(6-8-17)9-13(16)18/h1-4,10H,5-9H2,(H2,16,18). The average Bonchev–Trinajstić information content (AvgIpc) is 2.82. The Morgan fingerprint density at radius 2 is 2.10 bits per heavy atom. The fraction of sp³-hybridized carbons (Fsp3) is 0.429. The molecule has 0 saturated carbocycles. The van der Waals surface area contributed by atoms with Gasteiger partial charge in [-0.25, -0.2) is 0 Å². The third-order valence-corrected chi connectivity index (χ3v) is 3.83. The first-order valence-electron chi connectivity index (χ1n) is 6.55. The summed E-state index contributed by atoms with van der Waals surface area (Å²) in [5.41, 5.74) is 5.19. The third-order valence-electron chi connectivity index (χ3n) is 3.40. The lowest BCUT2D eigenvalue weighted by atomic mass is 9.93. The number of nitrogens with zero attached hydrogens (tertiary/aromatic N) is 1. The molecule has 0 spiro atoms. The van der Waals surface area contributed by atoms with Crippen molar-refractivity contribution < 1.29 is 14.0 Å². The predicted molar refractivity (Wildman–Crippen MR) is 78.6 cm³/mol. The number of piperidine rings is 1. The Hall–Kier alpha value is -1.56. The van der Waals surface area contributed by atoms with Crippen LogP contribution in [-0.2, 0) is 9.59 Å². The lowest BCUT2D eigenvalue weighted by Gasteiger charge is -2.30. The van der Waals surface area contributed by atoms with E-state index in [0.717, 1.165) is 12.8 Å². The molecule has 1 aromatic rings. The number of hydrogen-bond donors (Lipinski definition) is 1. The quantitative estimate of drug-likeness (QED) is 0.853. The molecule has 0 radical (unpaired) electrons. The van der Waals surface area contributed by atoms with Crippen molar-refractivity contribution >= 4 is 33.8 Å². The summed E-state index contributed by atoms with van der Waals surface area (Å²) >= 11 is 3.21. The van der Waals surface area contributed by atoms with E-state index in [9.17, 15) is 9.59 Å². The van der Waals surface area contributed by atoms with Gasteiger partial charge in [-0.1, -0.05) is 0 Å². The molecule has 1 aliphatic rings. The van der Waals surface area contributed by atoms with Crippen molar-refractivity contribution in [3.63, 3.8) is 0 Å². The van der Waals surface area contributed by atoms with Crippen molar-refractivity contribution in [3.8, 4) is 0 Å². The predicted octanol–water partition coefficient (Wildman–Crippen LogP) is 2.17. The van der Waals surface area contributed by atoms with Gasteiger partial charge in [-0.3, -0.25) is 9.59 Å².